The largest absolute Gasteiger partial charge is 0.358 e. The van der Waals surface area contributed by atoms with Crippen LogP contribution < -0.4 is 4.80 Å². The minimum absolute atomic E-state index is 0.512. The Kier molecular flexibility index (Phi) is 4.91. The second-order valence-corrected chi connectivity index (χ2v) is 7.67. The van der Waals surface area contributed by atoms with Crippen LogP contribution in [0.4, 0.5) is 0 Å². The van der Waals surface area contributed by atoms with Crippen LogP contribution in [-0.4, -0.2) is 22.9 Å². The van der Waals surface area contributed by atoms with E-state index in [9.17, 15) is 0 Å². The van der Waals surface area contributed by atoms with Crippen LogP contribution in [0.1, 0.15) is 11.3 Å². The summed E-state index contributed by atoms with van der Waals surface area (Å²) in [6.07, 6.45) is 1.87. The van der Waals surface area contributed by atoms with Gasteiger partial charge in [0.1, 0.15) is 0 Å². The quantitative estimate of drug-likeness (QED) is 0.416. The molecule has 0 spiro atoms. The fourth-order valence-corrected chi connectivity index (χ4v) is 4.10. The second kappa shape index (κ2) is 7.35. The van der Waals surface area contributed by atoms with E-state index >= 15 is 0 Å². The molecule has 0 bridgehead atoms. The first-order chi connectivity index (χ1) is 13.1. The van der Waals surface area contributed by atoms with Crippen molar-refractivity contribution in [2.45, 2.75) is 6.92 Å². The molecule has 2 heterocycles. The molecule has 2 aromatic heterocycles. The van der Waals surface area contributed by atoms with Crippen molar-refractivity contribution >= 4 is 51.7 Å². The molecule has 136 valence electrons. The number of H-pyrrole nitrogens is 1. The smallest absolute Gasteiger partial charge is 0.205 e. The third-order valence-corrected chi connectivity index (χ3v) is 5.98. The summed E-state index contributed by atoms with van der Waals surface area (Å²) < 4.78 is 1.82. The number of aromatic nitrogens is 2. The molecule has 0 atom stereocenters. The third kappa shape index (κ3) is 3.34. The number of rotatable bonds is 3. The molecule has 0 saturated heterocycles. The van der Waals surface area contributed by atoms with E-state index in [1.807, 2.05) is 47.5 Å². The fraction of sp³-hybridized carbons (Fsp3) is 0.100. The van der Waals surface area contributed by atoms with Gasteiger partial charge in [0.2, 0.25) is 4.80 Å². The minimum Gasteiger partial charge on any atom is -0.358 e. The highest BCUT2D eigenvalue weighted by molar-refractivity contribution is 7.07. The Balaban J connectivity index is 1.84. The van der Waals surface area contributed by atoms with Gasteiger partial charge in [-0.05, 0) is 25.1 Å². The molecule has 0 aliphatic carbocycles. The summed E-state index contributed by atoms with van der Waals surface area (Å²) in [6.45, 7) is 2.05. The number of benzene rings is 2. The van der Waals surface area contributed by atoms with Crippen molar-refractivity contribution in [3.05, 3.63) is 73.9 Å². The van der Waals surface area contributed by atoms with Gasteiger partial charge >= 0.3 is 0 Å². The Labute approximate surface area is 170 Å². The summed E-state index contributed by atoms with van der Waals surface area (Å²) >= 11 is 13.8. The van der Waals surface area contributed by atoms with E-state index in [2.05, 4.69) is 22.1 Å². The van der Waals surface area contributed by atoms with Crippen molar-refractivity contribution in [1.82, 2.24) is 9.66 Å². The SMILES string of the molecule is CN=c1scc(-c2ccc(Cl)c(Cl)c2)n1N=Cc1c(C)[nH]c2ccccc12. The molecular weight excluding hydrogens is 399 g/mol. The first-order valence-electron chi connectivity index (χ1n) is 8.29. The highest BCUT2D eigenvalue weighted by atomic mass is 35.5. The van der Waals surface area contributed by atoms with Crippen molar-refractivity contribution in [1.29, 1.82) is 0 Å². The van der Waals surface area contributed by atoms with Crippen molar-refractivity contribution in [3.63, 3.8) is 0 Å². The molecule has 27 heavy (non-hydrogen) atoms. The average molecular weight is 415 g/mol. The molecule has 0 aliphatic heterocycles. The van der Waals surface area contributed by atoms with Crippen molar-refractivity contribution < 1.29 is 0 Å². The summed E-state index contributed by atoms with van der Waals surface area (Å²) in [4.78, 5) is 8.53. The van der Waals surface area contributed by atoms with Crippen molar-refractivity contribution in [2.75, 3.05) is 7.05 Å². The van der Waals surface area contributed by atoms with Crippen LogP contribution in [0.3, 0.4) is 0 Å². The summed E-state index contributed by atoms with van der Waals surface area (Å²) in [5.74, 6) is 0. The second-order valence-electron chi connectivity index (χ2n) is 6.02. The summed E-state index contributed by atoms with van der Waals surface area (Å²) in [7, 11) is 1.76. The molecule has 4 aromatic rings. The zero-order valence-electron chi connectivity index (χ0n) is 14.7. The molecule has 0 fully saturated rings. The van der Waals surface area contributed by atoms with Crippen LogP contribution in [0.2, 0.25) is 10.0 Å². The molecule has 0 unspecified atom stereocenters. The molecule has 2 aromatic carbocycles. The van der Waals surface area contributed by atoms with Gasteiger partial charge in [-0.2, -0.15) is 5.10 Å². The Bertz CT molecular complexity index is 1230. The minimum atomic E-state index is 0.512. The van der Waals surface area contributed by atoms with Crippen LogP contribution in [0.25, 0.3) is 22.2 Å². The first kappa shape index (κ1) is 18.0. The van der Waals surface area contributed by atoms with Crippen LogP contribution >= 0.6 is 34.5 Å². The number of nitrogens with one attached hydrogen (secondary N) is 1. The lowest BCUT2D eigenvalue weighted by Gasteiger charge is -2.05. The normalized spacial score (nSPS) is 12.5. The average Bonchev–Trinajstić information content (AvgIpc) is 3.22. The molecule has 4 rings (SSSR count). The Morgan fingerprint density at radius 1 is 1.11 bits per heavy atom. The van der Waals surface area contributed by atoms with E-state index in [0.29, 0.717) is 10.0 Å². The van der Waals surface area contributed by atoms with Gasteiger partial charge in [-0.15, -0.1) is 11.3 Å². The van der Waals surface area contributed by atoms with Crippen molar-refractivity contribution in [2.24, 2.45) is 10.1 Å². The number of aromatic amines is 1. The number of para-hydroxylation sites is 1. The number of thiazole rings is 1. The summed E-state index contributed by atoms with van der Waals surface area (Å²) in [6, 6.07) is 13.8. The lowest BCUT2D eigenvalue weighted by atomic mass is 10.1. The topological polar surface area (TPSA) is 45.4 Å². The van der Waals surface area contributed by atoms with E-state index in [-0.39, 0.29) is 0 Å². The molecule has 0 radical (unpaired) electrons. The fourth-order valence-electron chi connectivity index (χ4n) is 3.00. The van der Waals surface area contributed by atoms with Gasteiger partial charge < -0.3 is 4.98 Å². The number of fused-ring (bicyclic) bond motifs is 1. The van der Waals surface area contributed by atoms with Crippen LogP contribution in [0.5, 0.6) is 0 Å². The molecule has 0 amide bonds. The predicted octanol–water partition coefficient (Wildman–Crippen LogP) is 5.73. The number of aryl methyl sites for hydroxylation is 1. The Morgan fingerprint density at radius 2 is 1.93 bits per heavy atom. The predicted molar refractivity (Wildman–Crippen MR) is 115 cm³/mol. The maximum atomic E-state index is 6.20. The maximum absolute atomic E-state index is 6.20. The number of halogens is 2. The molecule has 0 saturated carbocycles. The monoisotopic (exact) mass is 414 g/mol. The maximum Gasteiger partial charge on any atom is 0.205 e. The van der Waals surface area contributed by atoms with Crippen LogP contribution in [0, 0.1) is 6.92 Å². The van der Waals surface area contributed by atoms with Crippen molar-refractivity contribution in [3.8, 4) is 11.3 Å². The van der Waals surface area contributed by atoms with Crippen LogP contribution in [0.15, 0.2) is 57.9 Å². The highest BCUT2D eigenvalue weighted by Gasteiger charge is 2.10. The zero-order chi connectivity index (χ0) is 19.0. The third-order valence-electron chi connectivity index (χ3n) is 4.34. The highest BCUT2D eigenvalue weighted by Crippen LogP contribution is 2.29. The van der Waals surface area contributed by atoms with Gasteiger partial charge in [-0.25, -0.2) is 4.68 Å². The van der Waals surface area contributed by atoms with E-state index in [0.717, 1.165) is 38.2 Å². The van der Waals surface area contributed by atoms with Gasteiger partial charge in [-0.3, -0.25) is 4.99 Å². The molecular formula is C20H16Cl2N4S. The number of hydrogen-bond acceptors (Lipinski definition) is 3. The summed E-state index contributed by atoms with van der Waals surface area (Å²) in [5.41, 5.74) is 5.07. The molecule has 4 nitrogen and oxygen atoms in total. The van der Waals surface area contributed by atoms with E-state index in [1.165, 1.54) is 11.3 Å². The van der Waals surface area contributed by atoms with E-state index < -0.39 is 0 Å². The van der Waals surface area contributed by atoms with Gasteiger partial charge in [0.25, 0.3) is 0 Å². The molecule has 7 heteroatoms. The van der Waals surface area contributed by atoms with E-state index in [4.69, 9.17) is 28.3 Å². The lowest BCUT2D eigenvalue weighted by Crippen LogP contribution is -2.11. The standard InChI is InChI=1S/C20H16Cl2N4S/c1-12-15(14-5-3-4-6-18(14)25-12)10-24-26-19(11-27-20(26)23-2)13-7-8-16(21)17(22)9-13/h3-11,25H,1-2H3. The van der Waals surface area contributed by atoms with Gasteiger partial charge in [0.05, 0.1) is 22.0 Å². The Hall–Kier alpha value is -2.34. The van der Waals surface area contributed by atoms with Crippen LogP contribution in [-0.2, 0) is 0 Å². The summed E-state index contributed by atoms with van der Waals surface area (Å²) in [5, 5.41) is 8.93. The number of nitrogens with zero attached hydrogens (tertiary/aromatic N) is 3. The first-order valence-corrected chi connectivity index (χ1v) is 9.92. The lowest BCUT2D eigenvalue weighted by molar-refractivity contribution is 0.848. The van der Waals surface area contributed by atoms with E-state index in [1.54, 1.807) is 13.1 Å². The van der Waals surface area contributed by atoms with Gasteiger partial charge in [-0.1, -0.05) is 47.5 Å². The Morgan fingerprint density at radius 3 is 2.70 bits per heavy atom. The van der Waals surface area contributed by atoms with Gasteiger partial charge in [0, 0.05) is 40.2 Å². The zero-order valence-corrected chi connectivity index (χ0v) is 17.0. The molecule has 0 aliphatic rings. The van der Waals surface area contributed by atoms with Gasteiger partial charge in [0.15, 0.2) is 0 Å². The molecule has 1 N–H and O–H groups in total. The number of hydrogen-bond donors (Lipinski definition) is 1.